The molecule has 0 fully saturated rings. The molecule has 0 saturated heterocycles. The fourth-order valence-corrected chi connectivity index (χ4v) is 3.70. The number of unbranched alkanes of at least 4 members (excludes halogenated alkanes) is 4. The first kappa shape index (κ1) is 18.4. The Labute approximate surface area is 122 Å². The van der Waals surface area contributed by atoms with Crippen molar-refractivity contribution >= 4 is 16.2 Å². The molecule has 0 spiro atoms. The standard InChI is InChI=1S/C16H32O2Si/c1-4-7-10-11-14(15(17)18)16(19,12-8-5-2)13-9-6-3/h11H,4-10,12-13H2,1-3,19H3,(H,17,18). The van der Waals surface area contributed by atoms with E-state index in [-0.39, 0.29) is 5.04 Å². The van der Waals surface area contributed by atoms with Crippen LogP contribution in [0.25, 0.3) is 0 Å². The second kappa shape index (κ2) is 10.2. The molecule has 2 nitrogen and oxygen atoms in total. The molecule has 0 bridgehead atoms. The van der Waals surface area contributed by atoms with Gasteiger partial charge in [-0.1, -0.05) is 65.4 Å². The van der Waals surface area contributed by atoms with Crippen LogP contribution in [-0.4, -0.2) is 21.3 Å². The summed E-state index contributed by atoms with van der Waals surface area (Å²) in [4.78, 5) is 11.6. The summed E-state index contributed by atoms with van der Waals surface area (Å²) in [6.45, 7) is 6.52. The van der Waals surface area contributed by atoms with Gasteiger partial charge >= 0.3 is 5.97 Å². The van der Waals surface area contributed by atoms with Crippen molar-refractivity contribution in [1.29, 1.82) is 0 Å². The number of hydrogen-bond donors (Lipinski definition) is 1. The molecule has 0 aliphatic rings. The van der Waals surface area contributed by atoms with Gasteiger partial charge in [-0.2, -0.15) is 0 Å². The molecule has 0 rings (SSSR count). The first-order valence-corrected chi connectivity index (χ1v) is 8.95. The third-order valence-corrected chi connectivity index (χ3v) is 5.49. The van der Waals surface area contributed by atoms with Crippen LogP contribution >= 0.6 is 0 Å². The number of rotatable bonds is 11. The van der Waals surface area contributed by atoms with Crippen LogP contribution in [0, 0.1) is 0 Å². The first-order valence-electron chi connectivity index (χ1n) is 7.95. The van der Waals surface area contributed by atoms with Gasteiger partial charge in [0.25, 0.3) is 0 Å². The Kier molecular flexibility index (Phi) is 9.93. The highest BCUT2D eigenvalue weighted by atomic mass is 28.1. The maximum atomic E-state index is 11.6. The fourth-order valence-electron chi connectivity index (χ4n) is 2.57. The van der Waals surface area contributed by atoms with Crippen LogP contribution in [0.2, 0.25) is 5.04 Å². The van der Waals surface area contributed by atoms with Crippen LogP contribution in [-0.2, 0) is 4.79 Å². The van der Waals surface area contributed by atoms with Crippen molar-refractivity contribution in [1.82, 2.24) is 0 Å². The molecule has 0 aromatic rings. The van der Waals surface area contributed by atoms with Gasteiger partial charge in [-0.3, -0.25) is 0 Å². The van der Waals surface area contributed by atoms with Gasteiger partial charge in [0.05, 0.1) is 0 Å². The Morgan fingerprint density at radius 2 is 1.53 bits per heavy atom. The second-order valence-electron chi connectivity index (χ2n) is 5.83. The van der Waals surface area contributed by atoms with Crippen molar-refractivity contribution in [3.05, 3.63) is 11.6 Å². The van der Waals surface area contributed by atoms with E-state index in [0.29, 0.717) is 0 Å². The average molecular weight is 285 g/mol. The SMILES string of the molecule is CCCCC=C(C(=O)O)C([SiH3])(CCCC)CCCC. The maximum Gasteiger partial charge on any atom is 0.331 e. The van der Waals surface area contributed by atoms with E-state index in [9.17, 15) is 9.90 Å². The highest BCUT2D eigenvalue weighted by Crippen LogP contribution is 2.43. The third kappa shape index (κ3) is 6.95. The van der Waals surface area contributed by atoms with E-state index >= 15 is 0 Å². The predicted molar refractivity (Wildman–Crippen MR) is 86.9 cm³/mol. The van der Waals surface area contributed by atoms with Gasteiger partial charge in [0.2, 0.25) is 0 Å². The normalized spacial score (nSPS) is 12.9. The van der Waals surface area contributed by atoms with E-state index in [1.807, 2.05) is 6.08 Å². The molecule has 0 radical (unpaired) electrons. The lowest BCUT2D eigenvalue weighted by Gasteiger charge is -2.31. The van der Waals surface area contributed by atoms with E-state index in [1.165, 1.54) is 0 Å². The van der Waals surface area contributed by atoms with E-state index in [2.05, 4.69) is 20.8 Å². The molecule has 0 aromatic carbocycles. The quantitative estimate of drug-likeness (QED) is 0.352. The van der Waals surface area contributed by atoms with Crippen LogP contribution < -0.4 is 0 Å². The lowest BCUT2D eigenvalue weighted by atomic mass is 9.86. The monoisotopic (exact) mass is 284 g/mol. The van der Waals surface area contributed by atoms with Gasteiger partial charge in [0.15, 0.2) is 0 Å². The van der Waals surface area contributed by atoms with E-state index < -0.39 is 5.97 Å². The largest absolute Gasteiger partial charge is 0.478 e. The Morgan fingerprint density at radius 3 is 1.89 bits per heavy atom. The molecule has 0 amide bonds. The first-order chi connectivity index (χ1) is 9.01. The minimum Gasteiger partial charge on any atom is -0.478 e. The fraction of sp³-hybridized carbons (Fsp3) is 0.812. The predicted octanol–water partition coefficient (Wildman–Crippen LogP) is 4.09. The molecule has 112 valence electrons. The zero-order chi connectivity index (χ0) is 14.7. The summed E-state index contributed by atoms with van der Waals surface area (Å²) in [5.74, 6) is -0.682. The minimum atomic E-state index is -0.682. The van der Waals surface area contributed by atoms with Crippen LogP contribution in [0.4, 0.5) is 0 Å². The number of allylic oxidation sites excluding steroid dienone is 1. The molecule has 0 aliphatic heterocycles. The molecular weight excluding hydrogens is 252 g/mol. The van der Waals surface area contributed by atoms with Crippen molar-refractivity contribution in [2.24, 2.45) is 0 Å². The summed E-state index contributed by atoms with van der Waals surface area (Å²) in [7, 11) is 0.947. The van der Waals surface area contributed by atoms with Crippen molar-refractivity contribution in [3.8, 4) is 0 Å². The number of aliphatic carboxylic acids is 1. The highest BCUT2D eigenvalue weighted by molar-refractivity contribution is 6.21. The van der Waals surface area contributed by atoms with Crippen LogP contribution in [0.1, 0.15) is 78.6 Å². The van der Waals surface area contributed by atoms with Gasteiger partial charge in [-0.25, -0.2) is 4.79 Å². The molecule has 0 aliphatic carbocycles. The van der Waals surface area contributed by atoms with Crippen LogP contribution in [0.3, 0.4) is 0 Å². The van der Waals surface area contributed by atoms with Crippen LogP contribution in [0.15, 0.2) is 11.6 Å². The Bertz CT molecular complexity index is 276. The van der Waals surface area contributed by atoms with Crippen molar-refractivity contribution in [3.63, 3.8) is 0 Å². The Balaban J connectivity index is 5.00. The summed E-state index contributed by atoms with van der Waals surface area (Å²) in [5, 5.41) is 9.55. The number of carboxylic acid groups (broad SMARTS) is 1. The average Bonchev–Trinajstić information content (AvgIpc) is 2.38. The minimum absolute atomic E-state index is 0.00834. The summed E-state index contributed by atoms with van der Waals surface area (Å²) in [6.07, 6.45) is 11.9. The van der Waals surface area contributed by atoms with E-state index in [0.717, 1.165) is 73.6 Å². The van der Waals surface area contributed by atoms with Crippen molar-refractivity contribution < 1.29 is 9.90 Å². The molecule has 19 heavy (non-hydrogen) atoms. The summed E-state index contributed by atoms with van der Waals surface area (Å²) in [6, 6.07) is 0. The van der Waals surface area contributed by atoms with E-state index in [1.54, 1.807) is 0 Å². The summed E-state index contributed by atoms with van der Waals surface area (Å²) >= 11 is 0. The third-order valence-electron chi connectivity index (χ3n) is 3.95. The molecular formula is C16H32O2Si. The summed E-state index contributed by atoms with van der Waals surface area (Å²) < 4.78 is 0. The summed E-state index contributed by atoms with van der Waals surface area (Å²) in [5.41, 5.74) is 0.717. The topological polar surface area (TPSA) is 37.3 Å². The zero-order valence-corrected chi connectivity index (χ0v) is 15.3. The molecule has 0 aromatic heterocycles. The Morgan fingerprint density at radius 1 is 1.05 bits per heavy atom. The van der Waals surface area contributed by atoms with Gasteiger partial charge in [0, 0.05) is 15.8 Å². The molecule has 1 N–H and O–H groups in total. The smallest absolute Gasteiger partial charge is 0.331 e. The maximum absolute atomic E-state index is 11.6. The highest BCUT2D eigenvalue weighted by Gasteiger charge is 2.31. The van der Waals surface area contributed by atoms with E-state index in [4.69, 9.17) is 0 Å². The molecule has 0 heterocycles. The number of hydrogen-bond acceptors (Lipinski definition) is 1. The lowest BCUT2D eigenvalue weighted by Crippen LogP contribution is -2.22. The van der Waals surface area contributed by atoms with Gasteiger partial charge in [-0.05, 0) is 24.3 Å². The van der Waals surface area contributed by atoms with Crippen LogP contribution in [0.5, 0.6) is 0 Å². The lowest BCUT2D eigenvalue weighted by molar-refractivity contribution is -0.133. The van der Waals surface area contributed by atoms with Gasteiger partial charge in [-0.15, -0.1) is 0 Å². The Hall–Kier alpha value is -0.573. The molecule has 0 atom stereocenters. The number of carboxylic acids is 1. The number of carbonyl (C=O) groups is 1. The second-order valence-corrected chi connectivity index (χ2v) is 7.75. The van der Waals surface area contributed by atoms with Gasteiger partial charge in [0.1, 0.15) is 0 Å². The molecule has 0 unspecified atom stereocenters. The zero-order valence-electron chi connectivity index (χ0n) is 13.3. The van der Waals surface area contributed by atoms with Crippen molar-refractivity contribution in [2.45, 2.75) is 83.6 Å². The van der Waals surface area contributed by atoms with Crippen molar-refractivity contribution in [2.75, 3.05) is 0 Å². The van der Waals surface area contributed by atoms with Gasteiger partial charge < -0.3 is 5.11 Å². The molecule has 3 heteroatoms. The molecule has 0 saturated carbocycles.